The first-order chi connectivity index (χ1) is 11.7. The zero-order valence-electron chi connectivity index (χ0n) is 13.6. The van der Waals surface area contributed by atoms with E-state index < -0.39 is 5.97 Å². The Bertz CT molecular complexity index is 597. The zero-order chi connectivity index (χ0) is 16.8. The summed E-state index contributed by atoms with van der Waals surface area (Å²) in [5, 5.41) is 12.4. The van der Waals surface area contributed by atoms with Crippen LogP contribution in [0.3, 0.4) is 0 Å². The number of benzene rings is 2. The van der Waals surface area contributed by atoms with Gasteiger partial charge in [-0.15, -0.1) is 0 Å². The largest absolute Gasteiger partial charge is 0.481 e. The molecule has 1 saturated heterocycles. The maximum atomic E-state index is 11.0. The predicted molar refractivity (Wildman–Crippen MR) is 92.8 cm³/mol. The lowest BCUT2D eigenvalue weighted by molar-refractivity contribution is -0.142. The van der Waals surface area contributed by atoms with Crippen LogP contribution in [0.25, 0.3) is 0 Å². The molecule has 1 heterocycles. The fraction of sp³-hybridized carbons (Fsp3) is 0.350. The second-order valence-electron chi connectivity index (χ2n) is 6.25. The fourth-order valence-corrected chi connectivity index (χ4v) is 3.12. The Kier molecular flexibility index (Phi) is 5.62. The van der Waals surface area contributed by atoms with Gasteiger partial charge in [0.1, 0.15) is 6.10 Å². The number of carboxylic acids is 1. The molecule has 0 radical (unpaired) electrons. The summed E-state index contributed by atoms with van der Waals surface area (Å²) in [6.07, 6.45) is 1.43. The van der Waals surface area contributed by atoms with E-state index in [2.05, 4.69) is 29.6 Å². The summed E-state index contributed by atoms with van der Waals surface area (Å²) >= 11 is 0. The van der Waals surface area contributed by atoms with Crippen LogP contribution in [0.4, 0.5) is 0 Å². The van der Waals surface area contributed by atoms with Crippen LogP contribution in [-0.4, -0.2) is 30.3 Å². The van der Waals surface area contributed by atoms with Crippen LogP contribution in [0.5, 0.6) is 0 Å². The van der Waals surface area contributed by atoms with Crippen molar-refractivity contribution in [2.75, 3.05) is 13.2 Å². The smallest absolute Gasteiger partial charge is 0.307 e. The molecule has 2 N–H and O–H groups in total. The monoisotopic (exact) mass is 325 g/mol. The molecule has 2 aromatic carbocycles. The molecule has 0 unspecified atom stereocenters. The molecule has 2 aromatic rings. The first kappa shape index (κ1) is 16.7. The average Bonchev–Trinajstić information content (AvgIpc) is 2.64. The maximum Gasteiger partial charge on any atom is 0.307 e. The Morgan fingerprint density at radius 1 is 1.04 bits per heavy atom. The molecule has 1 aliphatic heterocycles. The molecule has 24 heavy (non-hydrogen) atoms. The van der Waals surface area contributed by atoms with Gasteiger partial charge in [-0.1, -0.05) is 60.7 Å². The molecule has 2 atom stereocenters. The van der Waals surface area contributed by atoms with Crippen LogP contribution in [-0.2, 0) is 9.53 Å². The van der Waals surface area contributed by atoms with Gasteiger partial charge in [0.15, 0.2) is 0 Å². The van der Waals surface area contributed by atoms with Crippen LogP contribution in [0, 0.1) is 5.92 Å². The highest BCUT2D eigenvalue weighted by Gasteiger charge is 2.26. The van der Waals surface area contributed by atoms with E-state index in [9.17, 15) is 4.79 Å². The molecule has 0 spiro atoms. The van der Waals surface area contributed by atoms with Crippen LogP contribution >= 0.6 is 0 Å². The molecule has 3 rings (SSSR count). The molecule has 0 saturated carbocycles. The van der Waals surface area contributed by atoms with E-state index in [1.165, 1.54) is 0 Å². The van der Waals surface area contributed by atoms with Crippen LogP contribution < -0.4 is 5.32 Å². The van der Waals surface area contributed by atoms with Gasteiger partial charge in [-0.25, -0.2) is 0 Å². The molecule has 4 nitrogen and oxygen atoms in total. The van der Waals surface area contributed by atoms with E-state index in [1.54, 1.807) is 0 Å². The van der Waals surface area contributed by atoms with Gasteiger partial charge in [-0.2, -0.15) is 0 Å². The summed E-state index contributed by atoms with van der Waals surface area (Å²) in [7, 11) is 0. The Hall–Kier alpha value is -2.17. The van der Waals surface area contributed by atoms with Crippen molar-refractivity contribution < 1.29 is 14.6 Å². The third kappa shape index (κ3) is 4.22. The molecule has 126 valence electrons. The lowest BCUT2D eigenvalue weighted by Crippen LogP contribution is -2.44. The number of nitrogens with one attached hydrogen (secondary N) is 1. The molecule has 0 bridgehead atoms. The number of carbonyl (C=O) groups is 1. The minimum atomic E-state index is -0.715. The summed E-state index contributed by atoms with van der Waals surface area (Å²) in [6.45, 7) is 1.09. The molecular weight excluding hydrogens is 302 g/mol. The number of rotatable bonds is 6. The minimum absolute atomic E-state index is 0.105. The van der Waals surface area contributed by atoms with E-state index in [4.69, 9.17) is 9.84 Å². The molecule has 0 aromatic heterocycles. The summed E-state index contributed by atoms with van der Waals surface area (Å²) in [5.74, 6) is -0.992. The highest BCUT2D eigenvalue weighted by atomic mass is 16.5. The molecule has 1 fully saturated rings. The number of aliphatic carboxylic acids is 1. The lowest BCUT2D eigenvalue weighted by atomic mass is 9.95. The molecule has 0 amide bonds. The predicted octanol–water partition coefficient (Wildman–Crippen LogP) is 3.25. The van der Waals surface area contributed by atoms with Crippen LogP contribution in [0.1, 0.15) is 30.1 Å². The van der Waals surface area contributed by atoms with Gasteiger partial charge in [0, 0.05) is 12.6 Å². The van der Waals surface area contributed by atoms with Gasteiger partial charge in [0.2, 0.25) is 0 Å². The normalized spacial score (nSPS) is 20.9. The topological polar surface area (TPSA) is 58.6 Å². The molecule has 4 heteroatoms. The van der Waals surface area contributed by atoms with E-state index >= 15 is 0 Å². The van der Waals surface area contributed by atoms with Gasteiger partial charge >= 0.3 is 5.97 Å². The molecule has 1 aliphatic rings. The van der Waals surface area contributed by atoms with Crippen molar-refractivity contribution in [2.24, 2.45) is 5.92 Å². The van der Waals surface area contributed by atoms with Crippen LogP contribution in [0.2, 0.25) is 0 Å². The standard InChI is InChI=1S/C20H23NO3/c22-20(23)17-11-12-18(21-13-17)14-24-19(15-7-3-1-4-8-15)16-9-5-2-6-10-16/h1-10,17-19,21H,11-14H2,(H,22,23)/t17-,18+/m1/s1. The van der Waals surface area contributed by atoms with Crippen molar-refractivity contribution in [3.05, 3.63) is 71.8 Å². The van der Waals surface area contributed by atoms with Crippen molar-refractivity contribution in [3.8, 4) is 0 Å². The number of hydrogen-bond acceptors (Lipinski definition) is 3. The van der Waals surface area contributed by atoms with E-state index in [-0.39, 0.29) is 18.1 Å². The Morgan fingerprint density at radius 3 is 2.08 bits per heavy atom. The number of piperidine rings is 1. The van der Waals surface area contributed by atoms with Crippen molar-refractivity contribution in [1.29, 1.82) is 0 Å². The zero-order valence-corrected chi connectivity index (χ0v) is 13.6. The number of ether oxygens (including phenoxy) is 1. The first-order valence-corrected chi connectivity index (χ1v) is 8.41. The van der Waals surface area contributed by atoms with Crippen LogP contribution in [0.15, 0.2) is 60.7 Å². The van der Waals surface area contributed by atoms with Crippen molar-refractivity contribution in [1.82, 2.24) is 5.32 Å². The average molecular weight is 325 g/mol. The SMILES string of the molecule is O=C(O)[C@@H]1CC[C@@H](COC(c2ccccc2)c2ccccc2)NC1. The summed E-state index contributed by atoms with van der Waals surface area (Å²) < 4.78 is 6.24. The Labute approximate surface area is 142 Å². The summed E-state index contributed by atoms with van der Waals surface area (Å²) in [5.41, 5.74) is 2.26. The highest BCUT2D eigenvalue weighted by molar-refractivity contribution is 5.70. The van der Waals surface area contributed by atoms with Crippen molar-refractivity contribution >= 4 is 5.97 Å². The maximum absolute atomic E-state index is 11.0. The van der Waals surface area contributed by atoms with E-state index in [0.717, 1.165) is 17.5 Å². The van der Waals surface area contributed by atoms with Gasteiger partial charge in [-0.05, 0) is 24.0 Å². The highest BCUT2D eigenvalue weighted by Crippen LogP contribution is 2.26. The van der Waals surface area contributed by atoms with Gasteiger partial charge < -0.3 is 15.2 Å². The number of hydrogen-bond donors (Lipinski definition) is 2. The minimum Gasteiger partial charge on any atom is -0.481 e. The lowest BCUT2D eigenvalue weighted by Gasteiger charge is -2.29. The fourth-order valence-electron chi connectivity index (χ4n) is 3.12. The summed E-state index contributed by atoms with van der Waals surface area (Å²) in [6, 6.07) is 20.6. The Morgan fingerprint density at radius 2 is 1.62 bits per heavy atom. The van der Waals surface area contributed by atoms with Crippen molar-refractivity contribution in [3.63, 3.8) is 0 Å². The molecular formula is C20H23NO3. The Balaban J connectivity index is 1.64. The van der Waals surface area contributed by atoms with Gasteiger partial charge in [0.05, 0.1) is 12.5 Å². The quantitative estimate of drug-likeness (QED) is 0.856. The molecule has 0 aliphatic carbocycles. The first-order valence-electron chi connectivity index (χ1n) is 8.41. The second kappa shape index (κ2) is 8.08. The third-order valence-electron chi connectivity index (χ3n) is 4.53. The van der Waals surface area contributed by atoms with Gasteiger partial charge in [-0.3, -0.25) is 4.79 Å². The number of carboxylic acid groups (broad SMARTS) is 1. The third-order valence-corrected chi connectivity index (χ3v) is 4.53. The van der Waals surface area contributed by atoms with Gasteiger partial charge in [0.25, 0.3) is 0 Å². The van der Waals surface area contributed by atoms with Crippen molar-refractivity contribution in [2.45, 2.75) is 25.0 Å². The van der Waals surface area contributed by atoms with E-state index in [1.807, 2.05) is 36.4 Å². The summed E-state index contributed by atoms with van der Waals surface area (Å²) in [4.78, 5) is 11.0. The second-order valence-corrected chi connectivity index (χ2v) is 6.25. The van der Waals surface area contributed by atoms with E-state index in [0.29, 0.717) is 19.6 Å².